The summed E-state index contributed by atoms with van der Waals surface area (Å²) in [5.41, 5.74) is -0.503. The Morgan fingerprint density at radius 3 is 2.73 bits per heavy atom. The van der Waals surface area contributed by atoms with Crippen LogP contribution in [0.4, 0.5) is 0 Å². The van der Waals surface area contributed by atoms with E-state index in [4.69, 9.17) is 9.47 Å². The van der Waals surface area contributed by atoms with Crippen LogP contribution in [0.2, 0.25) is 0 Å². The average Bonchev–Trinajstić information content (AvgIpc) is 3.32. The number of ether oxygens (including phenoxy) is 2. The SMILES string of the molecule is CCC(OCCCC1(O)CC2CC1C1CCCC21)C1C(=O)OC(=O)C1C. The molecule has 0 radical (unpaired) electrons. The fourth-order valence-electron chi connectivity index (χ4n) is 6.70. The summed E-state index contributed by atoms with van der Waals surface area (Å²) in [7, 11) is 0. The molecule has 2 bridgehead atoms. The molecule has 0 aromatic heterocycles. The smallest absolute Gasteiger partial charge is 0.320 e. The van der Waals surface area contributed by atoms with Gasteiger partial charge in [-0.2, -0.15) is 0 Å². The highest BCUT2D eigenvalue weighted by atomic mass is 16.6. The first-order valence-corrected chi connectivity index (χ1v) is 10.5. The molecule has 0 spiro atoms. The van der Waals surface area contributed by atoms with Crippen LogP contribution < -0.4 is 0 Å². The summed E-state index contributed by atoms with van der Waals surface area (Å²) < 4.78 is 10.7. The van der Waals surface area contributed by atoms with Crippen molar-refractivity contribution >= 4 is 11.9 Å². The van der Waals surface area contributed by atoms with Crippen molar-refractivity contribution in [3.63, 3.8) is 0 Å². The quantitative estimate of drug-likeness (QED) is 0.427. The third kappa shape index (κ3) is 2.91. The van der Waals surface area contributed by atoms with E-state index in [0.717, 1.165) is 37.0 Å². The third-order valence-electron chi connectivity index (χ3n) is 7.88. The Kier molecular flexibility index (Phi) is 4.89. The van der Waals surface area contributed by atoms with Crippen molar-refractivity contribution in [3.05, 3.63) is 0 Å². The number of fused-ring (bicyclic) bond motifs is 5. The lowest BCUT2D eigenvalue weighted by molar-refractivity contribution is -0.155. The Bertz CT molecular complexity index is 575. The molecule has 0 aromatic carbocycles. The van der Waals surface area contributed by atoms with Gasteiger partial charge in [0, 0.05) is 6.61 Å². The largest absolute Gasteiger partial charge is 0.393 e. The van der Waals surface area contributed by atoms with Gasteiger partial charge in [-0.3, -0.25) is 9.59 Å². The van der Waals surface area contributed by atoms with Gasteiger partial charge in [-0.15, -0.1) is 0 Å². The van der Waals surface area contributed by atoms with Crippen LogP contribution in [-0.2, 0) is 19.1 Å². The summed E-state index contributed by atoms with van der Waals surface area (Å²) >= 11 is 0. The van der Waals surface area contributed by atoms with Crippen LogP contribution >= 0.6 is 0 Å². The van der Waals surface area contributed by atoms with Crippen molar-refractivity contribution in [2.45, 2.75) is 76.9 Å². The molecule has 3 saturated carbocycles. The predicted octanol–water partition coefficient (Wildman–Crippen LogP) is 3.08. The molecule has 1 aliphatic heterocycles. The highest BCUT2D eigenvalue weighted by molar-refractivity contribution is 5.96. The van der Waals surface area contributed by atoms with Crippen LogP contribution in [0, 0.1) is 35.5 Å². The van der Waals surface area contributed by atoms with Crippen molar-refractivity contribution in [1.82, 2.24) is 0 Å². The minimum atomic E-state index is -0.503. The topological polar surface area (TPSA) is 72.8 Å². The van der Waals surface area contributed by atoms with E-state index in [2.05, 4.69) is 0 Å². The van der Waals surface area contributed by atoms with E-state index in [-0.39, 0.29) is 6.10 Å². The zero-order chi connectivity index (χ0) is 18.5. The van der Waals surface area contributed by atoms with Crippen LogP contribution in [0.5, 0.6) is 0 Å². The Balaban J connectivity index is 1.27. The molecular weight excluding hydrogens is 332 g/mol. The average molecular weight is 364 g/mol. The Hall–Kier alpha value is -0.940. The molecule has 1 saturated heterocycles. The molecule has 4 rings (SSSR count). The molecule has 146 valence electrons. The lowest BCUT2D eigenvalue weighted by atomic mass is 9.71. The molecule has 5 nitrogen and oxygen atoms in total. The zero-order valence-electron chi connectivity index (χ0n) is 16.0. The number of esters is 2. The van der Waals surface area contributed by atoms with E-state index in [0.29, 0.717) is 18.9 Å². The van der Waals surface area contributed by atoms with E-state index >= 15 is 0 Å². The monoisotopic (exact) mass is 364 g/mol. The Morgan fingerprint density at radius 1 is 1.27 bits per heavy atom. The molecule has 8 atom stereocenters. The number of cyclic esters (lactones) is 2. The van der Waals surface area contributed by atoms with Crippen LogP contribution in [0.3, 0.4) is 0 Å². The van der Waals surface area contributed by atoms with Crippen LogP contribution in [0.15, 0.2) is 0 Å². The van der Waals surface area contributed by atoms with Crippen molar-refractivity contribution < 1.29 is 24.2 Å². The van der Waals surface area contributed by atoms with E-state index < -0.39 is 29.4 Å². The molecule has 0 aromatic rings. The highest BCUT2D eigenvalue weighted by Crippen LogP contribution is 2.63. The summed E-state index contributed by atoms with van der Waals surface area (Å²) in [5.74, 6) is 1.06. The first-order valence-electron chi connectivity index (χ1n) is 10.5. The second-order valence-corrected chi connectivity index (χ2v) is 9.14. The van der Waals surface area contributed by atoms with E-state index in [1.165, 1.54) is 25.7 Å². The van der Waals surface area contributed by atoms with Crippen molar-refractivity contribution in [2.24, 2.45) is 35.5 Å². The molecule has 3 aliphatic carbocycles. The van der Waals surface area contributed by atoms with Crippen molar-refractivity contribution in [2.75, 3.05) is 6.61 Å². The Labute approximate surface area is 155 Å². The van der Waals surface area contributed by atoms with Gasteiger partial charge < -0.3 is 14.6 Å². The molecule has 4 aliphatic rings. The number of carbonyl (C=O) groups is 2. The van der Waals surface area contributed by atoms with Crippen molar-refractivity contribution in [1.29, 1.82) is 0 Å². The number of rotatable bonds is 7. The fourth-order valence-corrected chi connectivity index (χ4v) is 6.70. The van der Waals surface area contributed by atoms with Crippen LogP contribution in [-0.4, -0.2) is 35.4 Å². The summed E-state index contributed by atoms with van der Waals surface area (Å²) in [6.45, 7) is 4.23. The number of carbonyl (C=O) groups excluding carboxylic acids is 2. The normalized spacial score (nSPS) is 45.2. The Morgan fingerprint density at radius 2 is 2.04 bits per heavy atom. The van der Waals surface area contributed by atoms with Gasteiger partial charge in [0.15, 0.2) is 0 Å². The number of hydrogen-bond acceptors (Lipinski definition) is 5. The number of hydrogen-bond donors (Lipinski definition) is 1. The van der Waals surface area contributed by atoms with Gasteiger partial charge in [0.2, 0.25) is 0 Å². The standard InChI is InChI=1S/C21H32O5/c1-3-17(18-12(2)19(22)26-20(18)23)25-9-5-8-21(24)11-13-10-16(21)15-7-4-6-14(13)15/h12-18,24H,3-11H2,1-2H3. The van der Waals surface area contributed by atoms with Gasteiger partial charge in [0.25, 0.3) is 0 Å². The van der Waals surface area contributed by atoms with E-state index in [1.54, 1.807) is 6.92 Å². The maximum absolute atomic E-state index is 11.9. The molecule has 26 heavy (non-hydrogen) atoms. The molecule has 1 N–H and O–H groups in total. The van der Waals surface area contributed by atoms with Gasteiger partial charge in [-0.05, 0) is 68.6 Å². The second-order valence-electron chi connectivity index (χ2n) is 9.14. The fraction of sp³-hybridized carbons (Fsp3) is 0.905. The predicted molar refractivity (Wildman–Crippen MR) is 95.0 cm³/mol. The lowest BCUT2D eigenvalue weighted by Crippen LogP contribution is -2.41. The van der Waals surface area contributed by atoms with Crippen LogP contribution in [0.1, 0.15) is 65.2 Å². The molecule has 8 unspecified atom stereocenters. The summed E-state index contributed by atoms with van der Waals surface area (Å²) in [5, 5.41) is 11.2. The number of aliphatic hydroxyl groups is 1. The maximum Gasteiger partial charge on any atom is 0.320 e. The molecule has 4 fully saturated rings. The summed E-state index contributed by atoms with van der Waals surface area (Å²) in [6.07, 6.45) is 8.20. The molecule has 0 amide bonds. The van der Waals surface area contributed by atoms with Crippen LogP contribution in [0.25, 0.3) is 0 Å². The zero-order valence-corrected chi connectivity index (χ0v) is 16.0. The summed E-state index contributed by atoms with van der Waals surface area (Å²) in [4.78, 5) is 23.5. The third-order valence-corrected chi connectivity index (χ3v) is 7.88. The molecule has 1 heterocycles. The minimum Gasteiger partial charge on any atom is -0.393 e. The van der Waals surface area contributed by atoms with Crippen molar-refractivity contribution in [3.8, 4) is 0 Å². The first-order chi connectivity index (χ1) is 12.4. The minimum absolute atomic E-state index is 0.280. The van der Waals surface area contributed by atoms with E-state index in [1.807, 2.05) is 6.92 Å². The van der Waals surface area contributed by atoms with Gasteiger partial charge in [-0.25, -0.2) is 0 Å². The van der Waals surface area contributed by atoms with Gasteiger partial charge in [0.05, 0.1) is 23.5 Å². The second kappa shape index (κ2) is 6.90. The first kappa shape index (κ1) is 18.4. The maximum atomic E-state index is 11.9. The molecular formula is C21H32O5. The van der Waals surface area contributed by atoms with E-state index in [9.17, 15) is 14.7 Å². The van der Waals surface area contributed by atoms with Gasteiger partial charge in [0.1, 0.15) is 0 Å². The van der Waals surface area contributed by atoms with Gasteiger partial charge >= 0.3 is 11.9 Å². The lowest BCUT2D eigenvalue weighted by Gasteiger charge is -2.39. The highest BCUT2D eigenvalue weighted by Gasteiger charge is 2.59. The van der Waals surface area contributed by atoms with Gasteiger partial charge in [-0.1, -0.05) is 20.3 Å². The summed E-state index contributed by atoms with van der Waals surface area (Å²) in [6, 6.07) is 0. The molecule has 5 heteroatoms.